The fourth-order valence-electron chi connectivity index (χ4n) is 2.29. The van der Waals surface area contributed by atoms with E-state index in [-0.39, 0.29) is 6.61 Å². The van der Waals surface area contributed by atoms with Crippen LogP contribution >= 0.6 is 0 Å². The van der Waals surface area contributed by atoms with Gasteiger partial charge >= 0.3 is 12.1 Å². The van der Waals surface area contributed by atoms with Gasteiger partial charge in [0.15, 0.2) is 6.04 Å². The lowest BCUT2D eigenvalue weighted by Gasteiger charge is -2.40. The van der Waals surface area contributed by atoms with E-state index >= 15 is 0 Å². The smallest absolute Gasteiger partial charge is 0.411 e. The summed E-state index contributed by atoms with van der Waals surface area (Å²) in [6.45, 7) is -0.514. The average Bonchev–Trinajstić information content (AvgIpc) is 2.50. The van der Waals surface area contributed by atoms with Gasteiger partial charge in [0.1, 0.15) is 24.9 Å². The van der Waals surface area contributed by atoms with Gasteiger partial charge in [-0.2, -0.15) is 0 Å². The Morgan fingerprint density at radius 1 is 1.14 bits per heavy atom. The molecule has 0 radical (unpaired) electrons. The van der Waals surface area contributed by atoms with Gasteiger partial charge in [0.05, 0.1) is 6.54 Å². The van der Waals surface area contributed by atoms with Crippen LogP contribution in [0, 0.1) is 0 Å². The van der Waals surface area contributed by atoms with Crippen molar-refractivity contribution in [1.29, 1.82) is 0 Å². The van der Waals surface area contributed by atoms with Crippen LogP contribution in [0.2, 0.25) is 0 Å². The van der Waals surface area contributed by atoms with E-state index in [1.807, 2.05) is 0 Å². The number of carboxylic acids is 1. The SMILES string of the molecule is O=C(O)C1C(O)C(O)C(O)CN1C(=O)OCc1ccccc1. The van der Waals surface area contributed by atoms with Gasteiger partial charge in [-0.05, 0) is 5.56 Å². The number of piperidine rings is 1. The Bertz CT molecular complexity index is 535. The molecule has 22 heavy (non-hydrogen) atoms. The highest BCUT2D eigenvalue weighted by atomic mass is 16.6. The van der Waals surface area contributed by atoms with Crippen LogP contribution in [0.5, 0.6) is 0 Å². The van der Waals surface area contributed by atoms with Gasteiger partial charge in [-0.3, -0.25) is 4.90 Å². The number of carbonyl (C=O) groups excluding carboxylic acids is 1. The predicted octanol–water partition coefficient (Wildman–Crippen LogP) is -0.825. The summed E-state index contributed by atoms with van der Waals surface area (Å²) in [5.41, 5.74) is 0.709. The first kappa shape index (κ1) is 16.2. The van der Waals surface area contributed by atoms with Crippen LogP contribution in [0.3, 0.4) is 0 Å². The average molecular weight is 311 g/mol. The standard InChI is InChI=1S/C14H17NO7/c16-9-6-15(10(13(19)20)12(18)11(9)17)14(21)22-7-8-4-2-1-3-5-8/h1-5,9-12,16-18H,6-7H2,(H,19,20). The maximum Gasteiger partial charge on any atom is 0.411 e. The van der Waals surface area contributed by atoms with E-state index in [9.17, 15) is 24.9 Å². The lowest BCUT2D eigenvalue weighted by molar-refractivity contribution is -0.167. The molecule has 0 saturated carbocycles. The zero-order valence-corrected chi connectivity index (χ0v) is 11.6. The van der Waals surface area contributed by atoms with Gasteiger partial charge in [0, 0.05) is 0 Å². The van der Waals surface area contributed by atoms with Crippen molar-refractivity contribution in [3.05, 3.63) is 35.9 Å². The molecule has 4 unspecified atom stereocenters. The van der Waals surface area contributed by atoms with Crippen molar-refractivity contribution in [2.75, 3.05) is 6.54 Å². The zero-order valence-electron chi connectivity index (χ0n) is 11.6. The summed E-state index contributed by atoms with van der Waals surface area (Å²) in [4.78, 5) is 23.9. The third-order valence-electron chi connectivity index (χ3n) is 3.48. The Labute approximate surface area is 126 Å². The molecule has 0 aliphatic carbocycles. The number of aliphatic hydroxyl groups is 3. The Morgan fingerprint density at radius 3 is 2.36 bits per heavy atom. The number of aliphatic hydroxyl groups excluding tert-OH is 3. The van der Waals surface area contributed by atoms with Gasteiger partial charge in [0.2, 0.25) is 0 Å². The summed E-state index contributed by atoms with van der Waals surface area (Å²) in [5.74, 6) is -1.49. The van der Waals surface area contributed by atoms with Gasteiger partial charge in [0.25, 0.3) is 0 Å². The molecular weight excluding hydrogens is 294 g/mol. The molecule has 120 valence electrons. The molecule has 0 aromatic heterocycles. The maximum absolute atomic E-state index is 12.0. The molecule has 0 spiro atoms. The molecule has 4 N–H and O–H groups in total. The Morgan fingerprint density at radius 2 is 1.77 bits per heavy atom. The van der Waals surface area contributed by atoms with E-state index in [0.29, 0.717) is 10.5 Å². The Hall–Kier alpha value is -2.16. The molecule has 4 atom stereocenters. The number of carbonyl (C=O) groups is 2. The number of rotatable bonds is 3. The number of aliphatic carboxylic acids is 1. The van der Waals surface area contributed by atoms with Crippen LogP contribution in [0.1, 0.15) is 5.56 Å². The highest BCUT2D eigenvalue weighted by Crippen LogP contribution is 2.20. The molecule has 2 rings (SSSR count). The van der Waals surface area contributed by atoms with E-state index in [1.165, 1.54) is 0 Å². The van der Waals surface area contributed by atoms with Crippen LogP contribution in [-0.2, 0) is 16.1 Å². The fraction of sp³-hybridized carbons (Fsp3) is 0.429. The largest absolute Gasteiger partial charge is 0.480 e. The van der Waals surface area contributed by atoms with Crippen LogP contribution in [0.25, 0.3) is 0 Å². The summed E-state index contributed by atoms with van der Waals surface area (Å²) in [6, 6.07) is 7.09. The number of ether oxygens (including phenoxy) is 1. The molecule has 1 aromatic carbocycles. The molecule has 8 nitrogen and oxygen atoms in total. The summed E-state index contributed by atoms with van der Waals surface area (Å²) < 4.78 is 5.00. The fourth-order valence-corrected chi connectivity index (χ4v) is 2.29. The number of nitrogens with zero attached hydrogens (tertiary/aromatic N) is 1. The second-order valence-electron chi connectivity index (χ2n) is 5.02. The molecule has 1 fully saturated rings. The molecule has 1 aromatic rings. The van der Waals surface area contributed by atoms with Gasteiger partial charge in [-0.15, -0.1) is 0 Å². The number of hydrogen-bond acceptors (Lipinski definition) is 6. The molecule has 0 bridgehead atoms. The molecule has 1 heterocycles. The van der Waals surface area contributed by atoms with E-state index in [2.05, 4.69) is 0 Å². The number of carboxylic acid groups (broad SMARTS) is 1. The molecule has 1 amide bonds. The highest BCUT2D eigenvalue weighted by Gasteiger charge is 2.47. The predicted molar refractivity (Wildman–Crippen MR) is 72.8 cm³/mol. The van der Waals surface area contributed by atoms with Gasteiger partial charge in [-0.1, -0.05) is 30.3 Å². The summed E-state index contributed by atoms with van der Waals surface area (Å²) in [5, 5.41) is 38.0. The van der Waals surface area contributed by atoms with Crippen molar-refractivity contribution >= 4 is 12.1 Å². The van der Waals surface area contributed by atoms with Crippen molar-refractivity contribution in [3.63, 3.8) is 0 Å². The second-order valence-corrected chi connectivity index (χ2v) is 5.02. The van der Waals surface area contributed by atoms with Crippen LogP contribution in [0.15, 0.2) is 30.3 Å². The van der Waals surface area contributed by atoms with E-state index < -0.39 is 43.0 Å². The van der Waals surface area contributed by atoms with E-state index in [4.69, 9.17) is 9.84 Å². The number of amides is 1. The third-order valence-corrected chi connectivity index (χ3v) is 3.48. The zero-order chi connectivity index (χ0) is 16.3. The lowest BCUT2D eigenvalue weighted by Crippen LogP contribution is -2.65. The normalized spacial score (nSPS) is 28.2. The van der Waals surface area contributed by atoms with Crippen LogP contribution in [0.4, 0.5) is 4.79 Å². The van der Waals surface area contributed by atoms with Gasteiger partial charge in [-0.25, -0.2) is 9.59 Å². The molecule has 8 heteroatoms. The first-order chi connectivity index (χ1) is 10.4. The quantitative estimate of drug-likeness (QED) is 0.574. The van der Waals surface area contributed by atoms with E-state index in [0.717, 1.165) is 0 Å². The molecular formula is C14H17NO7. The molecule has 1 saturated heterocycles. The molecule has 1 aliphatic heterocycles. The topological polar surface area (TPSA) is 128 Å². The first-order valence-electron chi connectivity index (χ1n) is 6.66. The van der Waals surface area contributed by atoms with Crippen molar-refractivity contribution in [1.82, 2.24) is 4.90 Å². The summed E-state index contributed by atoms with van der Waals surface area (Å²) in [6.07, 6.45) is -5.87. The maximum atomic E-state index is 12.0. The van der Waals surface area contributed by atoms with Crippen molar-refractivity contribution in [2.24, 2.45) is 0 Å². The minimum Gasteiger partial charge on any atom is -0.480 e. The first-order valence-corrected chi connectivity index (χ1v) is 6.66. The minimum absolute atomic E-state index is 0.0722. The minimum atomic E-state index is -1.80. The van der Waals surface area contributed by atoms with Crippen LogP contribution in [-0.4, -0.2) is 68.3 Å². The third kappa shape index (κ3) is 3.35. The van der Waals surface area contributed by atoms with E-state index in [1.54, 1.807) is 30.3 Å². The summed E-state index contributed by atoms with van der Waals surface area (Å²) in [7, 11) is 0. The van der Waals surface area contributed by atoms with Crippen molar-refractivity contribution in [3.8, 4) is 0 Å². The molecule has 1 aliphatic rings. The number of benzene rings is 1. The second kappa shape index (κ2) is 6.73. The summed E-state index contributed by atoms with van der Waals surface area (Å²) >= 11 is 0. The Kier molecular flexibility index (Phi) is 4.96. The Balaban J connectivity index is 2.07. The lowest BCUT2D eigenvalue weighted by atomic mass is 9.94. The monoisotopic (exact) mass is 311 g/mol. The highest BCUT2D eigenvalue weighted by molar-refractivity contribution is 5.81. The number of likely N-dealkylation sites (tertiary alicyclic amines) is 1. The van der Waals surface area contributed by atoms with Crippen molar-refractivity contribution < 1.29 is 34.8 Å². The van der Waals surface area contributed by atoms with Crippen molar-refractivity contribution in [2.45, 2.75) is 31.0 Å². The van der Waals surface area contributed by atoms with Crippen LogP contribution < -0.4 is 0 Å². The number of β-amino-alcohol motifs (C(OH)–C–C–N with tert-alkyl or cyclic N) is 1. The van der Waals surface area contributed by atoms with Gasteiger partial charge < -0.3 is 25.2 Å². The number of hydrogen-bond donors (Lipinski definition) is 4.